The molecule has 0 amide bonds. The minimum atomic E-state index is -0.887. The van der Waals surface area contributed by atoms with Crippen molar-refractivity contribution in [1.82, 2.24) is 20.2 Å². The number of aromatic nitrogens is 4. The molecule has 0 radical (unpaired) electrons. The van der Waals surface area contributed by atoms with Gasteiger partial charge in [0.15, 0.2) is 5.82 Å². The highest BCUT2D eigenvalue weighted by atomic mass is 16.5. The van der Waals surface area contributed by atoms with Crippen LogP contribution in [0.2, 0.25) is 0 Å². The van der Waals surface area contributed by atoms with Crippen LogP contribution in [0.25, 0.3) is 0 Å². The van der Waals surface area contributed by atoms with E-state index in [1.165, 1.54) is 4.68 Å². The Morgan fingerprint density at radius 2 is 2.31 bits per heavy atom. The molecule has 0 aliphatic carbocycles. The number of carbonyl (C=O) groups is 1. The van der Waals surface area contributed by atoms with Crippen LogP contribution in [0.3, 0.4) is 0 Å². The summed E-state index contributed by atoms with van der Waals surface area (Å²) >= 11 is 0. The summed E-state index contributed by atoms with van der Waals surface area (Å²) < 4.78 is 11.5. The van der Waals surface area contributed by atoms with Crippen molar-refractivity contribution in [3.05, 3.63) is 5.82 Å². The largest absolute Gasteiger partial charge is 0.481 e. The summed E-state index contributed by atoms with van der Waals surface area (Å²) in [7, 11) is 1.58. The molecule has 0 aromatic carbocycles. The summed E-state index contributed by atoms with van der Waals surface area (Å²) in [5.74, 6) is -0.376. The van der Waals surface area contributed by atoms with Gasteiger partial charge in [-0.3, -0.25) is 4.79 Å². The molecule has 8 heteroatoms. The Balaban J connectivity index is 2.35. The van der Waals surface area contributed by atoms with E-state index in [1.54, 1.807) is 7.11 Å². The summed E-state index contributed by atoms with van der Waals surface area (Å²) in [6, 6.07) is 0. The standard InChI is InChI=1S/C8H14N4O4/c1-15-4-5-16-6-7-9-10-11-12(7)3-2-8(13)14/h2-6H2,1H3,(H,13,14). The van der Waals surface area contributed by atoms with E-state index in [9.17, 15) is 4.79 Å². The zero-order valence-corrected chi connectivity index (χ0v) is 9.00. The topological polar surface area (TPSA) is 99.4 Å². The van der Waals surface area contributed by atoms with E-state index >= 15 is 0 Å². The normalized spacial score (nSPS) is 10.6. The Morgan fingerprint density at radius 3 is 3.00 bits per heavy atom. The third-order valence-corrected chi connectivity index (χ3v) is 1.81. The van der Waals surface area contributed by atoms with Gasteiger partial charge in [-0.25, -0.2) is 4.68 Å². The molecular formula is C8H14N4O4. The van der Waals surface area contributed by atoms with Crippen molar-refractivity contribution in [2.24, 2.45) is 0 Å². The number of carboxylic acid groups (broad SMARTS) is 1. The van der Waals surface area contributed by atoms with Crippen molar-refractivity contribution in [3.63, 3.8) is 0 Å². The zero-order chi connectivity index (χ0) is 11.8. The van der Waals surface area contributed by atoms with Crippen LogP contribution in [0.1, 0.15) is 12.2 Å². The number of hydrogen-bond acceptors (Lipinski definition) is 6. The Hall–Kier alpha value is -1.54. The summed E-state index contributed by atoms with van der Waals surface area (Å²) in [5, 5.41) is 19.4. The molecule has 1 heterocycles. The molecule has 0 saturated heterocycles. The van der Waals surface area contributed by atoms with Crippen molar-refractivity contribution < 1.29 is 19.4 Å². The summed E-state index contributed by atoms with van der Waals surface area (Å²) in [6.45, 7) is 1.43. The average molecular weight is 230 g/mol. The van der Waals surface area contributed by atoms with Gasteiger partial charge in [-0.15, -0.1) is 5.10 Å². The molecule has 0 aliphatic rings. The van der Waals surface area contributed by atoms with Crippen LogP contribution in [0, 0.1) is 0 Å². The van der Waals surface area contributed by atoms with Crippen LogP contribution in [0.4, 0.5) is 0 Å². The summed E-state index contributed by atoms with van der Waals surface area (Å²) in [6.07, 6.45) is -0.0177. The maximum atomic E-state index is 10.4. The quantitative estimate of drug-likeness (QED) is 0.590. The number of methoxy groups -OCH3 is 1. The van der Waals surface area contributed by atoms with Crippen LogP contribution >= 0.6 is 0 Å². The maximum absolute atomic E-state index is 10.4. The zero-order valence-electron chi connectivity index (χ0n) is 9.00. The number of nitrogens with zero attached hydrogens (tertiary/aromatic N) is 4. The molecule has 1 N–H and O–H groups in total. The van der Waals surface area contributed by atoms with Crippen molar-refractivity contribution >= 4 is 5.97 Å². The van der Waals surface area contributed by atoms with Crippen LogP contribution in [0.5, 0.6) is 0 Å². The second kappa shape index (κ2) is 6.85. The molecular weight excluding hydrogens is 216 g/mol. The van der Waals surface area contributed by atoms with E-state index < -0.39 is 5.97 Å². The van der Waals surface area contributed by atoms with Crippen LogP contribution in [-0.2, 0) is 27.4 Å². The van der Waals surface area contributed by atoms with Crippen molar-refractivity contribution in [2.45, 2.75) is 19.6 Å². The number of hydrogen-bond donors (Lipinski definition) is 1. The molecule has 0 aliphatic heterocycles. The third kappa shape index (κ3) is 4.32. The summed E-state index contributed by atoms with van der Waals surface area (Å²) in [4.78, 5) is 10.4. The highest BCUT2D eigenvalue weighted by molar-refractivity contribution is 5.66. The first-order valence-corrected chi connectivity index (χ1v) is 4.77. The number of ether oxygens (including phenoxy) is 2. The van der Waals surface area contributed by atoms with Gasteiger partial charge in [0.1, 0.15) is 6.61 Å². The number of tetrazole rings is 1. The van der Waals surface area contributed by atoms with E-state index in [0.29, 0.717) is 19.0 Å². The van der Waals surface area contributed by atoms with Crippen molar-refractivity contribution in [2.75, 3.05) is 20.3 Å². The molecule has 0 unspecified atom stereocenters. The molecule has 0 fully saturated rings. The van der Waals surface area contributed by atoms with Gasteiger partial charge in [-0.2, -0.15) is 0 Å². The Labute approximate surface area is 92.2 Å². The van der Waals surface area contributed by atoms with Crippen LogP contribution in [0.15, 0.2) is 0 Å². The molecule has 1 aromatic rings. The first-order chi connectivity index (χ1) is 7.74. The minimum absolute atomic E-state index is 0.0177. The fourth-order valence-corrected chi connectivity index (χ4v) is 1.01. The highest BCUT2D eigenvalue weighted by Crippen LogP contribution is 1.97. The highest BCUT2D eigenvalue weighted by Gasteiger charge is 2.07. The number of aryl methyl sites for hydroxylation is 1. The van der Waals surface area contributed by atoms with Crippen molar-refractivity contribution in [3.8, 4) is 0 Å². The molecule has 8 nitrogen and oxygen atoms in total. The van der Waals surface area contributed by atoms with E-state index in [2.05, 4.69) is 15.5 Å². The minimum Gasteiger partial charge on any atom is -0.481 e. The van der Waals surface area contributed by atoms with E-state index in [4.69, 9.17) is 14.6 Å². The first-order valence-electron chi connectivity index (χ1n) is 4.77. The molecule has 1 rings (SSSR count). The van der Waals surface area contributed by atoms with E-state index in [1.807, 2.05) is 0 Å². The predicted octanol–water partition coefficient (Wildman–Crippen LogP) is -0.689. The molecule has 90 valence electrons. The average Bonchev–Trinajstić information content (AvgIpc) is 2.69. The molecule has 0 bridgehead atoms. The second-order valence-corrected chi connectivity index (χ2v) is 3.01. The predicted molar refractivity (Wildman–Crippen MR) is 51.6 cm³/mol. The third-order valence-electron chi connectivity index (χ3n) is 1.81. The molecule has 0 spiro atoms. The number of aliphatic carboxylic acids is 1. The number of carboxylic acids is 1. The lowest BCUT2D eigenvalue weighted by Crippen LogP contribution is -2.11. The monoisotopic (exact) mass is 230 g/mol. The molecule has 0 atom stereocenters. The van der Waals surface area contributed by atoms with Crippen LogP contribution < -0.4 is 0 Å². The van der Waals surface area contributed by atoms with Gasteiger partial charge in [0.2, 0.25) is 0 Å². The van der Waals surface area contributed by atoms with Gasteiger partial charge in [-0.05, 0) is 10.4 Å². The van der Waals surface area contributed by atoms with Gasteiger partial charge in [-0.1, -0.05) is 0 Å². The second-order valence-electron chi connectivity index (χ2n) is 3.01. The van der Waals surface area contributed by atoms with E-state index in [0.717, 1.165) is 0 Å². The summed E-state index contributed by atoms with van der Waals surface area (Å²) in [5.41, 5.74) is 0. The Bertz CT molecular complexity index is 328. The molecule has 16 heavy (non-hydrogen) atoms. The fourth-order valence-electron chi connectivity index (χ4n) is 1.01. The number of rotatable bonds is 8. The van der Waals surface area contributed by atoms with Gasteiger partial charge in [0.05, 0.1) is 26.2 Å². The lowest BCUT2D eigenvalue weighted by atomic mass is 10.4. The molecule has 1 aromatic heterocycles. The Kier molecular flexibility index (Phi) is 5.37. The lowest BCUT2D eigenvalue weighted by Gasteiger charge is -2.03. The lowest BCUT2D eigenvalue weighted by molar-refractivity contribution is -0.137. The first kappa shape index (κ1) is 12.5. The van der Waals surface area contributed by atoms with E-state index in [-0.39, 0.29) is 19.6 Å². The Morgan fingerprint density at radius 1 is 1.50 bits per heavy atom. The van der Waals surface area contributed by atoms with Gasteiger partial charge in [0.25, 0.3) is 0 Å². The van der Waals surface area contributed by atoms with Crippen molar-refractivity contribution in [1.29, 1.82) is 0 Å². The van der Waals surface area contributed by atoms with Crippen LogP contribution in [-0.4, -0.2) is 51.6 Å². The van der Waals surface area contributed by atoms with Gasteiger partial charge < -0.3 is 14.6 Å². The SMILES string of the molecule is COCCOCc1nnnn1CCC(=O)O. The smallest absolute Gasteiger partial charge is 0.305 e. The molecule has 0 saturated carbocycles. The van der Waals surface area contributed by atoms with Gasteiger partial charge >= 0.3 is 5.97 Å². The van der Waals surface area contributed by atoms with Gasteiger partial charge in [0, 0.05) is 7.11 Å². The fraction of sp³-hybridized carbons (Fsp3) is 0.750. The maximum Gasteiger partial charge on any atom is 0.305 e.